The molecule has 96 valence electrons. The largest absolute Gasteiger partial charge is 0.294 e. The van der Waals surface area contributed by atoms with Crippen LogP contribution in [-0.2, 0) is 6.42 Å². The molecule has 19 heavy (non-hydrogen) atoms. The van der Waals surface area contributed by atoms with Gasteiger partial charge >= 0.3 is 0 Å². The standard InChI is InChI=1S/C15H15N3O/c1-10-5-4-8-16-14(10)15-17-9-11-12(18-15)6-2-3-7-13(11)19/h4-5,8-9H,2-3,6-7H2,1H3. The minimum atomic E-state index is 0.164. The monoisotopic (exact) mass is 253 g/mol. The average molecular weight is 253 g/mol. The quantitative estimate of drug-likeness (QED) is 0.733. The summed E-state index contributed by atoms with van der Waals surface area (Å²) in [5.74, 6) is 0.781. The fourth-order valence-corrected chi connectivity index (χ4v) is 2.39. The zero-order chi connectivity index (χ0) is 13.2. The Labute approximate surface area is 111 Å². The first-order valence-electron chi connectivity index (χ1n) is 6.57. The summed E-state index contributed by atoms with van der Waals surface area (Å²) in [6, 6.07) is 3.88. The van der Waals surface area contributed by atoms with Crippen molar-refractivity contribution < 1.29 is 4.79 Å². The van der Waals surface area contributed by atoms with Crippen LogP contribution in [0.4, 0.5) is 0 Å². The van der Waals surface area contributed by atoms with E-state index in [9.17, 15) is 4.79 Å². The van der Waals surface area contributed by atoms with Crippen LogP contribution in [0.25, 0.3) is 11.5 Å². The van der Waals surface area contributed by atoms with Crippen LogP contribution in [-0.4, -0.2) is 20.7 Å². The average Bonchev–Trinajstić information content (AvgIpc) is 2.61. The molecule has 0 saturated carbocycles. The molecule has 0 aliphatic heterocycles. The third kappa shape index (κ3) is 2.26. The Morgan fingerprint density at radius 3 is 2.84 bits per heavy atom. The van der Waals surface area contributed by atoms with Crippen LogP contribution in [0.5, 0.6) is 0 Å². The van der Waals surface area contributed by atoms with Crippen molar-refractivity contribution in [3.8, 4) is 11.5 Å². The number of hydrogen-bond acceptors (Lipinski definition) is 4. The van der Waals surface area contributed by atoms with Crippen molar-refractivity contribution in [3.63, 3.8) is 0 Å². The van der Waals surface area contributed by atoms with E-state index in [1.165, 1.54) is 0 Å². The van der Waals surface area contributed by atoms with Crippen molar-refractivity contribution in [2.75, 3.05) is 0 Å². The summed E-state index contributed by atoms with van der Waals surface area (Å²) in [5.41, 5.74) is 3.40. The molecular formula is C15H15N3O. The Balaban J connectivity index is 2.09. The van der Waals surface area contributed by atoms with Crippen LogP contribution in [0, 0.1) is 6.92 Å². The second kappa shape index (κ2) is 4.88. The summed E-state index contributed by atoms with van der Waals surface area (Å²) in [7, 11) is 0. The summed E-state index contributed by atoms with van der Waals surface area (Å²) < 4.78 is 0. The molecule has 2 aromatic heterocycles. The highest BCUT2D eigenvalue weighted by atomic mass is 16.1. The van der Waals surface area contributed by atoms with Gasteiger partial charge in [-0.2, -0.15) is 0 Å². The molecule has 0 atom stereocenters. The Hall–Kier alpha value is -2.10. The van der Waals surface area contributed by atoms with Gasteiger partial charge in [-0.05, 0) is 37.8 Å². The minimum Gasteiger partial charge on any atom is -0.294 e. The number of hydrogen-bond donors (Lipinski definition) is 0. The molecule has 3 rings (SSSR count). The third-order valence-corrected chi connectivity index (χ3v) is 3.46. The molecule has 4 heteroatoms. The number of rotatable bonds is 1. The molecule has 2 aromatic rings. The number of aryl methyl sites for hydroxylation is 2. The van der Waals surface area contributed by atoms with Crippen molar-refractivity contribution in [1.29, 1.82) is 0 Å². The van der Waals surface area contributed by atoms with Crippen LogP contribution in [0.1, 0.15) is 40.9 Å². The van der Waals surface area contributed by atoms with Gasteiger partial charge in [0.25, 0.3) is 0 Å². The van der Waals surface area contributed by atoms with Gasteiger partial charge in [0.1, 0.15) is 5.69 Å². The van der Waals surface area contributed by atoms with E-state index in [0.717, 1.165) is 36.2 Å². The van der Waals surface area contributed by atoms with Gasteiger partial charge in [0, 0.05) is 18.8 Å². The molecule has 0 unspecified atom stereocenters. The Kier molecular flexibility index (Phi) is 3.07. The molecule has 1 aliphatic rings. The summed E-state index contributed by atoms with van der Waals surface area (Å²) in [6.07, 6.45) is 6.81. The number of fused-ring (bicyclic) bond motifs is 1. The Morgan fingerprint density at radius 1 is 1.16 bits per heavy atom. The SMILES string of the molecule is Cc1cccnc1-c1ncc2c(n1)CCCCC2=O. The lowest BCUT2D eigenvalue weighted by atomic mass is 10.1. The Morgan fingerprint density at radius 2 is 2.00 bits per heavy atom. The number of pyridine rings is 1. The molecule has 1 aliphatic carbocycles. The number of carbonyl (C=O) groups excluding carboxylic acids is 1. The van der Waals surface area contributed by atoms with Crippen molar-refractivity contribution in [1.82, 2.24) is 15.0 Å². The molecule has 0 aromatic carbocycles. The zero-order valence-corrected chi connectivity index (χ0v) is 10.9. The second-order valence-electron chi connectivity index (χ2n) is 4.85. The molecule has 0 radical (unpaired) electrons. The van der Waals surface area contributed by atoms with Crippen LogP contribution in [0.15, 0.2) is 24.5 Å². The number of Topliss-reactive ketones (excluding diaryl/α,β-unsaturated/α-hetero) is 1. The highest BCUT2D eigenvalue weighted by Crippen LogP contribution is 2.22. The van der Waals surface area contributed by atoms with Gasteiger partial charge in [-0.3, -0.25) is 9.78 Å². The topological polar surface area (TPSA) is 55.7 Å². The van der Waals surface area contributed by atoms with Crippen LogP contribution < -0.4 is 0 Å². The van der Waals surface area contributed by atoms with E-state index < -0.39 is 0 Å². The van der Waals surface area contributed by atoms with Crippen molar-refractivity contribution in [3.05, 3.63) is 41.3 Å². The molecule has 4 nitrogen and oxygen atoms in total. The molecular weight excluding hydrogens is 238 g/mol. The first kappa shape index (κ1) is 12.0. The van der Waals surface area contributed by atoms with Crippen LogP contribution >= 0.6 is 0 Å². The van der Waals surface area contributed by atoms with Crippen LogP contribution in [0.2, 0.25) is 0 Å². The van der Waals surface area contributed by atoms with Crippen molar-refractivity contribution >= 4 is 5.78 Å². The lowest BCUT2D eigenvalue weighted by molar-refractivity contribution is 0.0981. The fraction of sp³-hybridized carbons (Fsp3) is 0.333. The van der Waals surface area contributed by atoms with E-state index >= 15 is 0 Å². The number of nitrogens with zero attached hydrogens (tertiary/aromatic N) is 3. The Bertz CT molecular complexity index is 637. The lowest BCUT2D eigenvalue weighted by Crippen LogP contribution is -2.06. The first-order valence-corrected chi connectivity index (χ1v) is 6.57. The van der Waals surface area contributed by atoms with Crippen molar-refractivity contribution in [2.45, 2.75) is 32.6 Å². The van der Waals surface area contributed by atoms with E-state index in [1.807, 2.05) is 19.1 Å². The molecule has 0 amide bonds. The normalized spacial score (nSPS) is 14.9. The number of carbonyl (C=O) groups is 1. The third-order valence-electron chi connectivity index (χ3n) is 3.46. The fourth-order valence-electron chi connectivity index (χ4n) is 2.39. The summed E-state index contributed by atoms with van der Waals surface area (Å²) >= 11 is 0. The maximum atomic E-state index is 11.9. The molecule has 0 saturated heterocycles. The van der Waals surface area contributed by atoms with Gasteiger partial charge in [-0.1, -0.05) is 6.07 Å². The molecule has 0 N–H and O–H groups in total. The second-order valence-corrected chi connectivity index (χ2v) is 4.85. The van der Waals surface area contributed by atoms with Crippen molar-refractivity contribution in [2.24, 2.45) is 0 Å². The number of ketones is 1. The maximum Gasteiger partial charge on any atom is 0.178 e. The predicted octanol–water partition coefficient (Wildman–Crippen LogP) is 2.76. The van der Waals surface area contributed by atoms with Gasteiger partial charge in [0.05, 0.1) is 11.3 Å². The number of aromatic nitrogens is 3. The van der Waals surface area contributed by atoms with Gasteiger partial charge < -0.3 is 0 Å². The summed E-state index contributed by atoms with van der Waals surface area (Å²) in [6.45, 7) is 1.99. The molecule has 0 spiro atoms. The van der Waals surface area contributed by atoms with Gasteiger partial charge in [-0.25, -0.2) is 9.97 Å². The minimum absolute atomic E-state index is 0.164. The lowest BCUT2D eigenvalue weighted by Gasteiger charge is -2.07. The van der Waals surface area contributed by atoms with E-state index in [2.05, 4.69) is 15.0 Å². The van der Waals surface area contributed by atoms with E-state index in [4.69, 9.17) is 0 Å². The summed E-state index contributed by atoms with van der Waals surface area (Å²) in [4.78, 5) is 25.1. The van der Waals surface area contributed by atoms with Gasteiger partial charge in [0.15, 0.2) is 11.6 Å². The first-order chi connectivity index (χ1) is 9.25. The maximum absolute atomic E-state index is 11.9. The zero-order valence-electron chi connectivity index (χ0n) is 10.9. The molecule has 2 heterocycles. The van der Waals surface area contributed by atoms with Gasteiger partial charge in [-0.15, -0.1) is 0 Å². The predicted molar refractivity (Wildman–Crippen MR) is 71.9 cm³/mol. The van der Waals surface area contributed by atoms with Crippen LogP contribution in [0.3, 0.4) is 0 Å². The van der Waals surface area contributed by atoms with E-state index in [0.29, 0.717) is 17.8 Å². The summed E-state index contributed by atoms with van der Waals surface area (Å²) in [5, 5.41) is 0. The smallest absolute Gasteiger partial charge is 0.178 e. The van der Waals surface area contributed by atoms with Gasteiger partial charge in [0.2, 0.25) is 0 Å². The molecule has 0 fully saturated rings. The molecule has 0 bridgehead atoms. The highest BCUT2D eigenvalue weighted by molar-refractivity contribution is 5.97. The highest BCUT2D eigenvalue weighted by Gasteiger charge is 2.18. The van der Waals surface area contributed by atoms with E-state index in [-0.39, 0.29) is 5.78 Å². The van der Waals surface area contributed by atoms with E-state index in [1.54, 1.807) is 12.4 Å².